The third-order valence-corrected chi connectivity index (χ3v) is 5.44. The number of likely N-dealkylation sites (tertiary alicyclic amines) is 1. The molecule has 4 heteroatoms. The molecule has 0 bridgehead atoms. The van der Waals surface area contributed by atoms with Crippen LogP contribution in [0.5, 0.6) is 0 Å². The van der Waals surface area contributed by atoms with Crippen molar-refractivity contribution in [3.63, 3.8) is 0 Å². The standard InChI is InChI=1S/C17H32N2O2/c1-4-10-18-17(15(20)21)8-5-6-14(17)7-11-19-12-9-16(2,3)13-19/h14,18H,4-13H2,1-3H3,(H,20,21). The van der Waals surface area contributed by atoms with Crippen molar-refractivity contribution in [3.8, 4) is 0 Å². The van der Waals surface area contributed by atoms with Gasteiger partial charge in [-0.1, -0.05) is 27.2 Å². The number of nitrogens with one attached hydrogen (secondary N) is 1. The number of hydrogen-bond donors (Lipinski definition) is 2. The van der Waals surface area contributed by atoms with Crippen LogP contribution in [0.4, 0.5) is 0 Å². The molecule has 1 aliphatic heterocycles. The summed E-state index contributed by atoms with van der Waals surface area (Å²) in [5, 5.41) is 13.1. The summed E-state index contributed by atoms with van der Waals surface area (Å²) < 4.78 is 0. The number of carboxylic acids is 1. The van der Waals surface area contributed by atoms with Crippen LogP contribution in [-0.4, -0.2) is 47.7 Å². The molecule has 0 aromatic rings. The van der Waals surface area contributed by atoms with E-state index in [0.29, 0.717) is 5.41 Å². The lowest BCUT2D eigenvalue weighted by atomic mass is 9.84. The van der Waals surface area contributed by atoms with Gasteiger partial charge in [-0.3, -0.25) is 4.79 Å². The van der Waals surface area contributed by atoms with Crippen molar-refractivity contribution in [3.05, 3.63) is 0 Å². The lowest BCUT2D eigenvalue weighted by molar-refractivity contribution is -0.146. The van der Waals surface area contributed by atoms with E-state index in [1.54, 1.807) is 0 Å². The van der Waals surface area contributed by atoms with E-state index in [1.807, 2.05) is 0 Å². The second-order valence-corrected chi connectivity index (χ2v) is 7.77. The minimum atomic E-state index is -0.661. The van der Waals surface area contributed by atoms with E-state index in [0.717, 1.165) is 51.7 Å². The number of aliphatic carboxylic acids is 1. The van der Waals surface area contributed by atoms with Gasteiger partial charge in [0, 0.05) is 6.54 Å². The van der Waals surface area contributed by atoms with Gasteiger partial charge in [0.25, 0.3) is 0 Å². The van der Waals surface area contributed by atoms with E-state index in [2.05, 4.69) is 31.0 Å². The molecular weight excluding hydrogens is 264 g/mol. The first kappa shape index (κ1) is 16.8. The second-order valence-electron chi connectivity index (χ2n) is 7.77. The van der Waals surface area contributed by atoms with Gasteiger partial charge in [-0.2, -0.15) is 0 Å². The monoisotopic (exact) mass is 296 g/mol. The van der Waals surface area contributed by atoms with Gasteiger partial charge in [0.05, 0.1) is 0 Å². The second kappa shape index (κ2) is 6.66. The summed E-state index contributed by atoms with van der Waals surface area (Å²) >= 11 is 0. The number of carboxylic acid groups (broad SMARTS) is 1. The van der Waals surface area contributed by atoms with Crippen LogP contribution >= 0.6 is 0 Å². The summed E-state index contributed by atoms with van der Waals surface area (Å²) in [6, 6.07) is 0. The van der Waals surface area contributed by atoms with Crippen LogP contribution in [0.1, 0.15) is 59.3 Å². The zero-order valence-corrected chi connectivity index (χ0v) is 14.0. The Morgan fingerprint density at radius 2 is 2.14 bits per heavy atom. The highest BCUT2D eigenvalue weighted by Crippen LogP contribution is 2.39. The van der Waals surface area contributed by atoms with Gasteiger partial charge in [-0.05, 0) is 63.1 Å². The molecule has 1 aliphatic carbocycles. The third kappa shape index (κ3) is 3.78. The zero-order chi connectivity index (χ0) is 15.5. The molecule has 1 saturated heterocycles. The normalized spacial score (nSPS) is 32.6. The summed E-state index contributed by atoms with van der Waals surface area (Å²) in [5.74, 6) is -0.356. The molecule has 122 valence electrons. The van der Waals surface area contributed by atoms with Crippen LogP contribution < -0.4 is 5.32 Å². The first-order chi connectivity index (χ1) is 9.89. The summed E-state index contributed by atoms with van der Waals surface area (Å²) in [5.41, 5.74) is -0.231. The van der Waals surface area contributed by atoms with Gasteiger partial charge in [-0.15, -0.1) is 0 Å². The maximum Gasteiger partial charge on any atom is 0.324 e. The first-order valence-electron chi connectivity index (χ1n) is 8.60. The highest BCUT2D eigenvalue weighted by atomic mass is 16.4. The molecule has 0 amide bonds. The van der Waals surface area contributed by atoms with Crippen LogP contribution in [0.2, 0.25) is 0 Å². The van der Waals surface area contributed by atoms with Crippen molar-refractivity contribution in [2.45, 2.75) is 64.8 Å². The molecule has 2 aliphatic rings. The van der Waals surface area contributed by atoms with Crippen LogP contribution in [0.25, 0.3) is 0 Å². The minimum Gasteiger partial charge on any atom is -0.480 e. The van der Waals surface area contributed by atoms with Gasteiger partial charge in [0.1, 0.15) is 5.54 Å². The smallest absolute Gasteiger partial charge is 0.324 e. The van der Waals surface area contributed by atoms with E-state index in [-0.39, 0.29) is 5.92 Å². The zero-order valence-electron chi connectivity index (χ0n) is 14.0. The SMILES string of the molecule is CCCNC1(C(=O)O)CCCC1CCN1CCC(C)(C)C1. The molecule has 1 heterocycles. The average molecular weight is 296 g/mol. The molecule has 2 atom stereocenters. The largest absolute Gasteiger partial charge is 0.480 e. The molecule has 2 unspecified atom stereocenters. The van der Waals surface area contributed by atoms with Gasteiger partial charge in [-0.25, -0.2) is 0 Å². The fourth-order valence-corrected chi connectivity index (χ4v) is 4.16. The van der Waals surface area contributed by atoms with Crippen molar-refractivity contribution >= 4 is 5.97 Å². The first-order valence-corrected chi connectivity index (χ1v) is 8.60. The minimum absolute atomic E-state index is 0.283. The third-order valence-electron chi connectivity index (χ3n) is 5.44. The van der Waals surface area contributed by atoms with Crippen molar-refractivity contribution in [2.75, 3.05) is 26.2 Å². The maximum atomic E-state index is 11.9. The van der Waals surface area contributed by atoms with E-state index >= 15 is 0 Å². The summed E-state index contributed by atoms with van der Waals surface area (Å²) in [4.78, 5) is 14.4. The fraction of sp³-hybridized carbons (Fsp3) is 0.941. The Morgan fingerprint density at radius 3 is 2.71 bits per heavy atom. The highest BCUT2D eigenvalue weighted by Gasteiger charge is 2.48. The van der Waals surface area contributed by atoms with E-state index in [4.69, 9.17) is 0 Å². The summed E-state index contributed by atoms with van der Waals surface area (Å²) in [6.45, 7) is 10.9. The van der Waals surface area contributed by atoms with Gasteiger partial charge in [0.2, 0.25) is 0 Å². The lowest BCUT2D eigenvalue weighted by Crippen LogP contribution is -2.55. The molecule has 0 radical (unpaired) electrons. The Hall–Kier alpha value is -0.610. The number of nitrogens with zero attached hydrogens (tertiary/aromatic N) is 1. The molecule has 0 aromatic carbocycles. The van der Waals surface area contributed by atoms with Crippen LogP contribution in [0, 0.1) is 11.3 Å². The van der Waals surface area contributed by atoms with Crippen molar-refractivity contribution in [2.24, 2.45) is 11.3 Å². The predicted octanol–water partition coefficient (Wildman–Crippen LogP) is 2.73. The molecule has 2 rings (SSSR count). The molecule has 2 N–H and O–H groups in total. The summed E-state index contributed by atoms with van der Waals surface area (Å²) in [6.07, 6.45) is 6.15. The topological polar surface area (TPSA) is 52.6 Å². The van der Waals surface area contributed by atoms with Crippen LogP contribution in [0.3, 0.4) is 0 Å². The Bertz CT molecular complexity index is 370. The van der Waals surface area contributed by atoms with E-state index < -0.39 is 11.5 Å². The lowest BCUT2D eigenvalue weighted by Gasteiger charge is -2.33. The summed E-state index contributed by atoms with van der Waals surface area (Å²) in [7, 11) is 0. The quantitative estimate of drug-likeness (QED) is 0.758. The molecule has 1 saturated carbocycles. The van der Waals surface area contributed by atoms with Crippen molar-refractivity contribution in [1.29, 1.82) is 0 Å². The molecule has 2 fully saturated rings. The average Bonchev–Trinajstić information content (AvgIpc) is 2.98. The Kier molecular flexibility index (Phi) is 5.31. The Morgan fingerprint density at radius 1 is 1.38 bits per heavy atom. The van der Waals surface area contributed by atoms with Gasteiger partial charge in [0.15, 0.2) is 0 Å². The molecule has 21 heavy (non-hydrogen) atoms. The van der Waals surface area contributed by atoms with Crippen molar-refractivity contribution < 1.29 is 9.90 Å². The highest BCUT2D eigenvalue weighted by molar-refractivity contribution is 5.79. The predicted molar refractivity (Wildman–Crippen MR) is 85.5 cm³/mol. The Balaban J connectivity index is 1.92. The van der Waals surface area contributed by atoms with Crippen LogP contribution in [0.15, 0.2) is 0 Å². The fourth-order valence-electron chi connectivity index (χ4n) is 4.16. The van der Waals surface area contributed by atoms with E-state index in [1.165, 1.54) is 13.0 Å². The number of carbonyl (C=O) groups is 1. The van der Waals surface area contributed by atoms with Gasteiger partial charge >= 0.3 is 5.97 Å². The maximum absolute atomic E-state index is 11.9. The molecular formula is C17H32N2O2. The number of hydrogen-bond acceptors (Lipinski definition) is 3. The Labute approximate surface area is 129 Å². The molecule has 0 spiro atoms. The number of rotatable bonds is 7. The van der Waals surface area contributed by atoms with Crippen molar-refractivity contribution in [1.82, 2.24) is 10.2 Å². The van der Waals surface area contributed by atoms with E-state index in [9.17, 15) is 9.90 Å². The van der Waals surface area contributed by atoms with Crippen LogP contribution in [-0.2, 0) is 4.79 Å². The molecule has 4 nitrogen and oxygen atoms in total. The van der Waals surface area contributed by atoms with Gasteiger partial charge < -0.3 is 15.3 Å². The molecule has 0 aromatic heterocycles.